The number of sulfonamides is 1. The Balaban J connectivity index is 2.07. The van der Waals surface area contributed by atoms with E-state index in [1.165, 1.54) is 42.5 Å². The molecule has 0 aromatic heterocycles. The van der Waals surface area contributed by atoms with Gasteiger partial charge in [0, 0.05) is 5.56 Å². The van der Waals surface area contributed by atoms with Gasteiger partial charge in [0.15, 0.2) is 0 Å². The zero-order chi connectivity index (χ0) is 18.4. The van der Waals surface area contributed by atoms with E-state index in [4.69, 9.17) is 22.8 Å². The molecule has 0 spiro atoms. The van der Waals surface area contributed by atoms with E-state index in [0.717, 1.165) is 0 Å². The summed E-state index contributed by atoms with van der Waals surface area (Å²) in [5.74, 6) is 0.840. The summed E-state index contributed by atoms with van der Waals surface area (Å²) in [5, 5.41) is 0.147. The monoisotopic (exact) mass is 381 g/mol. The number of nitrogens with one attached hydrogen (secondary N) is 1. The molecule has 0 fully saturated rings. The summed E-state index contributed by atoms with van der Waals surface area (Å²) >= 11 is 5.85. The topological polar surface area (TPSA) is 72.5 Å². The standard InChI is InChI=1S/C17H13ClFNO4S/c1-2-10-20-25(22,23)13-8-6-12(7-9-13)17(21)24-11-14-15(18)4-3-5-16(14)19/h1,3-9,20H,10-11H2. The molecule has 0 saturated heterocycles. The summed E-state index contributed by atoms with van der Waals surface area (Å²) in [6.45, 7) is -0.482. The number of ether oxygens (including phenoxy) is 1. The molecular formula is C17H13ClFNO4S. The Morgan fingerprint density at radius 2 is 1.92 bits per heavy atom. The van der Waals surface area contributed by atoms with E-state index >= 15 is 0 Å². The summed E-state index contributed by atoms with van der Waals surface area (Å²) in [6.07, 6.45) is 5.01. The van der Waals surface area contributed by atoms with Gasteiger partial charge in [0.25, 0.3) is 0 Å². The van der Waals surface area contributed by atoms with E-state index in [9.17, 15) is 17.6 Å². The van der Waals surface area contributed by atoms with Crippen molar-refractivity contribution in [2.45, 2.75) is 11.5 Å². The second-order valence-corrected chi connectivity index (χ2v) is 7.00. The lowest BCUT2D eigenvalue weighted by Gasteiger charge is -2.08. The normalized spacial score (nSPS) is 10.9. The fourth-order valence-electron chi connectivity index (χ4n) is 1.88. The van der Waals surface area contributed by atoms with E-state index in [1.54, 1.807) is 0 Å². The van der Waals surface area contributed by atoms with Crippen molar-refractivity contribution in [1.82, 2.24) is 4.72 Å². The molecular weight excluding hydrogens is 369 g/mol. The van der Waals surface area contributed by atoms with Gasteiger partial charge in [-0.25, -0.2) is 17.6 Å². The lowest BCUT2D eigenvalue weighted by Crippen LogP contribution is -2.23. The number of carbonyl (C=O) groups is 1. The Hall–Kier alpha value is -2.40. The molecule has 0 aliphatic rings. The summed E-state index contributed by atoms with van der Waals surface area (Å²) in [7, 11) is -3.74. The molecule has 0 radical (unpaired) electrons. The maximum absolute atomic E-state index is 13.6. The summed E-state index contributed by atoms with van der Waals surface area (Å²) in [4.78, 5) is 11.9. The molecule has 25 heavy (non-hydrogen) atoms. The minimum atomic E-state index is -3.74. The van der Waals surface area contributed by atoms with Crippen LogP contribution in [-0.2, 0) is 21.4 Å². The van der Waals surface area contributed by atoms with Crippen LogP contribution in [0.3, 0.4) is 0 Å². The molecule has 0 heterocycles. The second kappa shape index (κ2) is 8.12. The van der Waals surface area contributed by atoms with Crippen molar-refractivity contribution in [3.05, 3.63) is 64.4 Å². The number of benzene rings is 2. The van der Waals surface area contributed by atoms with Gasteiger partial charge >= 0.3 is 5.97 Å². The fraction of sp³-hybridized carbons (Fsp3) is 0.118. The molecule has 0 unspecified atom stereocenters. The third-order valence-corrected chi connectivity index (χ3v) is 4.95. The third kappa shape index (κ3) is 4.79. The van der Waals surface area contributed by atoms with Crippen LogP contribution in [0.5, 0.6) is 0 Å². The minimum absolute atomic E-state index is 0.0450. The molecule has 1 N–H and O–H groups in total. The van der Waals surface area contributed by atoms with Gasteiger partial charge < -0.3 is 4.74 Å². The molecule has 5 nitrogen and oxygen atoms in total. The SMILES string of the molecule is C#CCNS(=O)(=O)c1ccc(C(=O)OCc2c(F)cccc2Cl)cc1. The quantitative estimate of drug-likeness (QED) is 0.617. The highest BCUT2D eigenvalue weighted by Crippen LogP contribution is 2.20. The van der Waals surface area contributed by atoms with E-state index < -0.39 is 21.8 Å². The van der Waals surface area contributed by atoms with Gasteiger partial charge in [0.05, 0.1) is 22.0 Å². The molecule has 2 aromatic rings. The number of hydrogen-bond donors (Lipinski definition) is 1. The van der Waals surface area contributed by atoms with Crippen molar-refractivity contribution in [2.24, 2.45) is 0 Å². The maximum atomic E-state index is 13.6. The van der Waals surface area contributed by atoms with E-state index in [1.807, 2.05) is 0 Å². The largest absolute Gasteiger partial charge is 0.457 e. The molecule has 0 saturated carbocycles. The Bertz CT molecular complexity index is 900. The zero-order valence-electron chi connectivity index (χ0n) is 12.8. The molecule has 2 aromatic carbocycles. The van der Waals surface area contributed by atoms with Gasteiger partial charge in [-0.05, 0) is 36.4 Å². The van der Waals surface area contributed by atoms with Crippen LogP contribution in [0.15, 0.2) is 47.4 Å². The van der Waals surface area contributed by atoms with Gasteiger partial charge in [-0.3, -0.25) is 0 Å². The predicted octanol–water partition coefficient (Wildman–Crippen LogP) is 2.75. The summed E-state index contributed by atoms with van der Waals surface area (Å²) in [5.41, 5.74) is 0.179. The van der Waals surface area contributed by atoms with Crippen molar-refractivity contribution >= 4 is 27.6 Å². The average molecular weight is 382 g/mol. The minimum Gasteiger partial charge on any atom is -0.457 e. The van der Waals surface area contributed by atoms with Crippen LogP contribution in [0, 0.1) is 18.2 Å². The van der Waals surface area contributed by atoms with E-state index in [2.05, 4.69) is 10.6 Å². The molecule has 8 heteroatoms. The third-order valence-electron chi connectivity index (χ3n) is 3.17. The first kappa shape index (κ1) is 18.9. The summed E-state index contributed by atoms with van der Waals surface area (Å²) in [6, 6.07) is 9.19. The second-order valence-electron chi connectivity index (χ2n) is 4.83. The summed E-state index contributed by atoms with van der Waals surface area (Å²) < 4.78 is 44.6. The fourth-order valence-corrected chi connectivity index (χ4v) is 3.03. The molecule has 0 bridgehead atoms. The number of terminal acetylenes is 1. The van der Waals surface area contributed by atoms with E-state index in [0.29, 0.717) is 0 Å². The molecule has 0 aliphatic carbocycles. The number of rotatable bonds is 6. The molecule has 0 aliphatic heterocycles. The van der Waals surface area contributed by atoms with Gasteiger partial charge in [-0.15, -0.1) is 6.42 Å². The Morgan fingerprint density at radius 3 is 2.52 bits per heavy atom. The zero-order valence-corrected chi connectivity index (χ0v) is 14.4. The van der Waals surface area contributed by atoms with Crippen LogP contribution < -0.4 is 4.72 Å². The Morgan fingerprint density at radius 1 is 1.24 bits per heavy atom. The van der Waals surface area contributed by atoms with E-state index in [-0.39, 0.29) is 34.2 Å². The highest BCUT2D eigenvalue weighted by molar-refractivity contribution is 7.89. The van der Waals surface area contributed by atoms with Crippen LogP contribution in [0.2, 0.25) is 5.02 Å². The van der Waals surface area contributed by atoms with Crippen molar-refractivity contribution in [3.8, 4) is 12.3 Å². The van der Waals surface area contributed by atoms with Crippen LogP contribution in [0.4, 0.5) is 4.39 Å². The lowest BCUT2D eigenvalue weighted by atomic mass is 10.2. The molecule has 0 atom stereocenters. The first-order chi connectivity index (χ1) is 11.8. The van der Waals surface area contributed by atoms with Gasteiger partial charge in [0.2, 0.25) is 10.0 Å². The van der Waals surface area contributed by atoms with Crippen LogP contribution in [0.25, 0.3) is 0 Å². The van der Waals surface area contributed by atoms with Crippen LogP contribution >= 0.6 is 11.6 Å². The van der Waals surface area contributed by atoms with Gasteiger partial charge in [0.1, 0.15) is 12.4 Å². The first-order valence-electron chi connectivity index (χ1n) is 6.98. The highest BCUT2D eigenvalue weighted by atomic mass is 35.5. The first-order valence-corrected chi connectivity index (χ1v) is 8.84. The average Bonchev–Trinajstić information content (AvgIpc) is 2.59. The Labute approximate surface area is 149 Å². The Kier molecular flexibility index (Phi) is 6.15. The van der Waals surface area contributed by atoms with Gasteiger partial charge in [-0.1, -0.05) is 23.6 Å². The van der Waals surface area contributed by atoms with Crippen molar-refractivity contribution < 1.29 is 22.3 Å². The van der Waals surface area contributed by atoms with Crippen LogP contribution in [-0.4, -0.2) is 20.9 Å². The molecule has 130 valence electrons. The van der Waals surface area contributed by atoms with Crippen LogP contribution in [0.1, 0.15) is 15.9 Å². The smallest absolute Gasteiger partial charge is 0.338 e. The van der Waals surface area contributed by atoms with Gasteiger partial charge in [-0.2, -0.15) is 4.72 Å². The van der Waals surface area contributed by atoms with Crippen molar-refractivity contribution in [1.29, 1.82) is 0 Å². The van der Waals surface area contributed by atoms with Crippen molar-refractivity contribution in [3.63, 3.8) is 0 Å². The highest BCUT2D eigenvalue weighted by Gasteiger charge is 2.15. The number of hydrogen-bond acceptors (Lipinski definition) is 4. The molecule has 0 amide bonds. The lowest BCUT2D eigenvalue weighted by molar-refractivity contribution is 0.0469. The number of carbonyl (C=O) groups excluding carboxylic acids is 1. The molecule has 2 rings (SSSR count). The predicted molar refractivity (Wildman–Crippen MR) is 91.0 cm³/mol. The van der Waals surface area contributed by atoms with Crippen molar-refractivity contribution in [2.75, 3.05) is 6.54 Å². The number of halogens is 2. The number of esters is 1. The maximum Gasteiger partial charge on any atom is 0.338 e.